The predicted octanol–water partition coefficient (Wildman–Crippen LogP) is 3.25. The van der Waals surface area contributed by atoms with Gasteiger partial charge in [-0.1, -0.05) is 13.3 Å². The number of thiophene rings is 1. The highest BCUT2D eigenvalue weighted by Gasteiger charge is 2.28. The molecule has 1 fully saturated rings. The summed E-state index contributed by atoms with van der Waals surface area (Å²) in [5.74, 6) is 0.610. The molecule has 1 aromatic heterocycles. The largest absolute Gasteiger partial charge is 0.368 e. The minimum atomic E-state index is -0.348. The van der Waals surface area contributed by atoms with E-state index in [-0.39, 0.29) is 12.0 Å². The lowest BCUT2D eigenvalue weighted by Crippen LogP contribution is -2.26. The van der Waals surface area contributed by atoms with E-state index >= 15 is 0 Å². The first-order valence-electron chi connectivity index (χ1n) is 7.70. The van der Waals surface area contributed by atoms with Gasteiger partial charge in [0.2, 0.25) is 0 Å². The van der Waals surface area contributed by atoms with E-state index < -0.39 is 0 Å². The molecule has 0 spiro atoms. The molecule has 0 bridgehead atoms. The number of amides is 1. The van der Waals surface area contributed by atoms with Crippen LogP contribution in [0.25, 0.3) is 0 Å². The second-order valence-electron chi connectivity index (χ2n) is 5.83. The zero-order valence-electron chi connectivity index (χ0n) is 12.3. The standard InChI is InChI=1S/C16H20N2O2S/c1-2-10-5-6-11-12(9-17)16(21-14(11)8-10)18-15(19)13-4-3-7-20-13/h10,13H,2-8H2,1H3,(H,18,19). The summed E-state index contributed by atoms with van der Waals surface area (Å²) in [6.45, 7) is 2.87. The number of fused-ring (bicyclic) bond motifs is 1. The minimum absolute atomic E-state index is 0.102. The van der Waals surface area contributed by atoms with Crippen molar-refractivity contribution in [2.75, 3.05) is 11.9 Å². The van der Waals surface area contributed by atoms with Crippen LogP contribution in [-0.2, 0) is 22.4 Å². The Morgan fingerprint density at radius 3 is 3.05 bits per heavy atom. The van der Waals surface area contributed by atoms with Crippen molar-refractivity contribution in [3.05, 3.63) is 16.0 Å². The van der Waals surface area contributed by atoms with E-state index in [0.717, 1.165) is 42.7 Å². The average Bonchev–Trinajstić information content (AvgIpc) is 3.13. The van der Waals surface area contributed by atoms with Gasteiger partial charge in [-0.25, -0.2) is 0 Å². The van der Waals surface area contributed by atoms with Crippen LogP contribution < -0.4 is 5.32 Å². The van der Waals surface area contributed by atoms with Crippen molar-refractivity contribution >= 4 is 22.2 Å². The lowest BCUT2D eigenvalue weighted by atomic mass is 9.86. The molecule has 2 aliphatic rings. The molecular formula is C16H20N2O2S. The third kappa shape index (κ3) is 2.83. The summed E-state index contributed by atoms with van der Waals surface area (Å²) in [6, 6.07) is 2.29. The Morgan fingerprint density at radius 1 is 1.52 bits per heavy atom. The molecule has 5 heteroatoms. The molecule has 0 radical (unpaired) electrons. The number of nitrogens with zero attached hydrogens (tertiary/aromatic N) is 1. The molecular weight excluding hydrogens is 284 g/mol. The molecule has 112 valence electrons. The highest BCUT2D eigenvalue weighted by Crippen LogP contribution is 2.40. The summed E-state index contributed by atoms with van der Waals surface area (Å²) < 4.78 is 5.41. The van der Waals surface area contributed by atoms with Crippen LogP contribution in [-0.4, -0.2) is 18.6 Å². The van der Waals surface area contributed by atoms with Gasteiger partial charge in [-0.15, -0.1) is 11.3 Å². The summed E-state index contributed by atoms with van der Waals surface area (Å²) >= 11 is 1.58. The van der Waals surface area contributed by atoms with Crippen molar-refractivity contribution in [3.8, 4) is 6.07 Å². The van der Waals surface area contributed by atoms with Gasteiger partial charge in [0.05, 0.1) is 5.56 Å². The second kappa shape index (κ2) is 6.17. The van der Waals surface area contributed by atoms with Crippen LogP contribution in [0, 0.1) is 17.2 Å². The Kier molecular flexibility index (Phi) is 4.27. The van der Waals surface area contributed by atoms with Crippen LogP contribution in [0.15, 0.2) is 0 Å². The van der Waals surface area contributed by atoms with Gasteiger partial charge in [0, 0.05) is 11.5 Å². The van der Waals surface area contributed by atoms with Gasteiger partial charge >= 0.3 is 0 Å². The highest BCUT2D eigenvalue weighted by molar-refractivity contribution is 7.16. The van der Waals surface area contributed by atoms with E-state index in [4.69, 9.17) is 4.74 Å². The molecule has 3 rings (SSSR count). The molecule has 1 saturated heterocycles. The van der Waals surface area contributed by atoms with Crippen LogP contribution in [0.5, 0.6) is 0 Å². The number of hydrogen-bond donors (Lipinski definition) is 1. The normalized spacial score (nSPS) is 24.4. The Morgan fingerprint density at radius 2 is 2.38 bits per heavy atom. The van der Waals surface area contributed by atoms with Crippen LogP contribution in [0.2, 0.25) is 0 Å². The fraction of sp³-hybridized carbons (Fsp3) is 0.625. The predicted molar refractivity (Wildman–Crippen MR) is 82.4 cm³/mol. The summed E-state index contributed by atoms with van der Waals surface area (Å²) in [7, 11) is 0. The van der Waals surface area contributed by atoms with Crippen molar-refractivity contribution in [2.45, 2.75) is 51.6 Å². The number of carbonyl (C=O) groups excluding carboxylic acids is 1. The Hall–Kier alpha value is -1.38. The van der Waals surface area contributed by atoms with E-state index in [1.165, 1.54) is 11.3 Å². The lowest BCUT2D eigenvalue weighted by Gasteiger charge is -2.20. The maximum Gasteiger partial charge on any atom is 0.254 e. The van der Waals surface area contributed by atoms with Crippen LogP contribution in [0.3, 0.4) is 0 Å². The van der Waals surface area contributed by atoms with Gasteiger partial charge in [-0.3, -0.25) is 4.79 Å². The molecule has 1 N–H and O–H groups in total. The number of carbonyl (C=O) groups is 1. The van der Waals surface area contributed by atoms with E-state index in [1.807, 2.05) is 0 Å². The molecule has 21 heavy (non-hydrogen) atoms. The molecule has 1 aromatic rings. The Bertz CT molecular complexity index is 582. The van der Waals surface area contributed by atoms with Crippen molar-refractivity contribution < 1.29 is 9.53 Å². The van der Waals surface area contributed by atoms with E-state index in [1.54, 1.807) is 11.3 Å². The molecule has 0 aromatic carbocycles. The van der Waals surface area contributed by atoms with Crippen molar-refractivity contribution in [1.29, 1.82) is 5.26 Å². The number of nitrogens with one attached hydrogen (secondary N) is 1. The fourth-order valence-corrected chi connectivity index (χ4v) is 4.50. The average molecular weight is 304 g/mol. The SMILES string of the molecule is CCC1CCc2c(sc(NC(=O)C3CCCO3)c2C#N)C1. The molecule has 1 aliphatic carbocycles. The molecule has 1 aliphatic heterocycles. The Balaban J connectivity index is 1.81. The topological polar surface area (TPSA) is 62.1 Å². The maximum absolute atomic E-state index is 12.2. The smallest absolute Gasteiger partial charge is 0.254 e. The van der Waals surface area contributed by atoms with Gasteiger partial charge in [-0.2, -0.15) is 5.26 Å². The van der Waals surface area contributed by atoms with Crippen molar-refractivity contribution in [3.63, 3.8) is 0 Å². The first-order chi connectivity index (χ1) is 10.2. The van der Waals surface area contributed by atoms with Crippen LogP contribution in [0.4, 0.5) is 5.00 Å². The summed E-state index contributed by atoms with van der Waals surface area (Å²) in [6.07, 6.45) is 5.69. The fourth-order valence-electron chi connectivity index (χ4n) is 3.19. The van der Waals surface area contributed by atoms with Crippen molar-refractivity contribution in [1.82, 2.24) is 0 Å². The lowest BCUT2D eigenvalue weighted by molar-refractivity contribution is -0.124. The maximum atomic E-state index is 12.2. The molecule has 2 atom stereocenters. The van der Waals surface area contributed by atoms with E-state index in [9.17, 15) is 10.1 Å². The zero-order chi connectivity index (χ0) is 14.8. The molecule has 2 unspecified atom stereocenters. The van der Waals surface area contributed by atoms with E-state index in [0.29, 0.717) is 18.1 Å². The summed E-state index contributed by atoms with van der Waals surface area (Å²) in [5.41, 5.74) is 1.84. The first-order valence-corrected chi connectivity index (χ1v) is 8.51. The van der Waals surface area contributed by atoms with Crippen LogP contribution in [0.1, 0.15) is 48.6 Å². The van der Waals surface area contributed by atoms with Gasteiger partial charge in [-0.05, 0) is 43.6 Å². The Labute approximate surface area is 129 Å². The zero-order valence-corrected chi connectivity index (χ0v) is 13.1. The third-order valence-corrected chi connectivity index (χ3v) is 5.69. The quantitative estimate of drug-likeness (QED) is 0.932. The molecule has 2 heterocycles. The number of ether oxygens (including phenoxy) is 1. The van der Waals surface area contributed by atoms with Gasteiger partial charge in [0.1, 0.15) is 17.2 Å². The number of nitriles is 1. The second-order valence-corrected chi connectivity index (χ2v) is 6.93. The third-order valence-electron chi connectivity index (χ3n) is 4.52. The van der Waals surface area contributed by atoms with Crippen LogP contribution >= 0.6 is 11.3 Å². The van der Waals surface area contributed by atoms with Gasteiger partial charge in [0.15, 0.2) is 0 Å². The number of rotatable bonds is 3. The molecule has 1 amide bonds. The summed E-state index contributed by atoms with van der Waals surface area (Å²) in [5, 5.41) is 13.1. The molecule has 4 nitrogen and oxygen atoms in total. The van der Waals surface area contributed by atoms with E-state index in [2.05, 4.69) is 18.3 Å². The first kappa shape index (κ1) is 14.6. The van der Waals surface area contributed by atoms with Crippen molar-refractivity contribution in [2.24, 2.45) is 5.92 Å². The summed E-state index contributed by atoms with van der Waals surface area (Å²) in [4.78, 5) is 13.5. The monoisotopic (exact) mass is 304 g/mol. The number of anilines is 1. The molecule has 0 saturated carbocycles. The highest BCUT2D eigenvalue weighted by atomic mass is 32.1. The van der Waals surface area contributed by atoms with Gasteiger partial charge < -0.3 is 10.1 Å². The van der Waals surface area contributed by atoms with Gasteiger partial charge in [0.25, 0.3) is 5.91 Å². The number of hydrogen-bond acceptors (Lipinski definition) is 4. The minimum Gasteiger partial charge on any atom is -0.368 e.